The van der Waals surface area contributed by atoms with Crippen molar-refractivity contribution in [1.82, 2.24) is 0 Å². The molecular weight excluding hydrogens is 157 g/mol. The average Bonchev–Trinajstić information content (AvgIpc) is 2.05. The van der Waals surface area contributed by atoms with E-state index in [2.05, 4.69) is 5.18 Å². The number of hydrogen-bond donors (Lipinski definition) is 0. The summed E-state index contributed by atoms with van der Waals surface area (Å²) in [6.07, 6.45) is 3.27. The van der Waals surface area contributed by atoms with Gasteiger partial charge in [0.05, 0.1) is 6.20 Å². The van der Waals surface area contributed by atoms with Crippen molar-refractivity contribution in [2.75, 3.05) is 0 Å². The molecule has 0 spiro atoms. The molecule has 0 bridgehead atoms. The van der Waals surface area contributed by atoms with E-state index < -0.39 is 0 Å². The highest BCUT2D eigenvalue weighted by Gasteiger charge is 1.91. The average molecular weight is 165 g/mol. The molecule has 0 aliphatic heterocycles. The molecule has 0 aliphatic rings. The third kappa shape index (κ3) is 2.62. The summed E-state index contributed by atoms with van der Waals surface area (Å²) in [5.74, 6) is -0.264. The maximum atomic E-state index is 12.6. The Hall–Kier alpha value is -1.51. The second kappa shape index (κ2) is 4.38. The fourth-order valence-electron chi connectivity index (χ4n) is 0.896. The quantitative estimate of drug-likeness (QED) is 0.633. The van der Waals surface area contributed by atoms with Crippen LogP contribution < -0.4 is 0 Å². The highest BCUT2D eigenvalue weighted by Crippen LogP contribution is 2.04. The van der Waals surface area contributed by atoms with E-state index in [0.29, 0.717) is 6.42 Å². The predicted octanol–water partition coefficient (Wildman–Crippen LogP) is 2.65. The minimum atomic E-state index is -0.264. The van der Waals surface area contributed by atoms with Crippen LogP contribution in [-0.2, 0) is 6.42 Å². The SMILES string of the molecule is O=NC=CCc1cccc(F)c1. The van der Waals surface area contributed by atoms with Crippen molar-refractivity contribution < 1.29 is 4.39 Å². The first-order chi connectivity index (χ1) is 5.83. The van der Waals surface area contributed by atoms with Crippen LogP contribution in [0.15, 0.2) is 41.7 Å². The topological polar surface area (TPSA) is 29.4 Å². The summed E-state index contributed by atoms with van der Waals surface area (Å²) in [5, 5.41) is 2.55. The molecule has 62 valence electrons. The zero-order valence-corrected chi connectivity index (χ0v) is 6.40. The molecule has 12 heavy (non-hydrogen) atoms. The molecule has 0 saturated heterocycles. The van der Waals surface area contributed by atoms with Gasteiger partial charge in [-0.25, -0.2) is 4.39 Å². The lowest BCUT2D eigenvalue weighted by molar-refractivity contribution is 0.626. The van der Waals surface area contributed by atoms with E-state index in [1.807, 2.05) is 0 Å². The highest BCUT2D eigenvalue weighted by molar-refractivity contribution is 5.18. The first-order valence-corrected chi connectivity index (χ1v) is 3.55. The Morgan fingerprint density at radius 2 is 2.33 bits per heavy atom. The molecule has 1 rings (SSSR count). The number of allylic oxidation sites excluding steroid dienone is 1. The van der Waals surface area contributed by atoms with Crippen LogP contribution in [0.4, 0.5) is 4.39 Å². The van der Waals surface area contributed by atoms with Crippen LogP contribution in [0.3, 0.4) is 0 Å². The first-order valence-electron chi connectivity index (χ1n) is 3.55. The minimum absolute atomic E-state index is 0.264. The van der Waals surface area contributed by atoms with Gasteiger partial charge < -0.3 is 0 Å². The van der Waals surface area contributed by atoms with Gasteiger partial charge in [-0.05, 0) is 29.3 Å². The molecule has 0 N–H and O–H groups in total. The molecule has 2 nitrogen and oxygen atoms in total. The lowest BCUT2D eigenvalue weighted by Gasteiger charge is -1.94. The van der Waals surface area contributed by atoms with Crippen LogP contribution in [0, 0.1) is 10.7 Å². The van der Waals surface area contributed by atoms with E-state index in [-0.39, 0.29) is 5.82 Å². The molecule has 3 heteroatoms. The zero-order chi connectivity index (χ0) is 8.81. The standard InChI is InChI=1S/C9H8FNO/c10-9-5-1-3-8(7-9)4-2-6-11-12/h1-3,5-7H,4H2. The van der Waals surface area contributed by atoms with Crippen molar-refractivity contribution in [2.45, 2.75) is 6.42 Å². The Morgan fingerprint density at radius 1 is 1.50 bits per heavy atom. The first kappa shape index (κ1) is 8.59. The van der Waals surface area contributed by atoms with Gasteiger partial charge in [-0.3, -0.25) is 0 Å². The number of halogens is 1. The van der Waals surface area contributed by atoms with Crippen LogP contribution in [-0.4, -0.2) is 0 Å². The fourth-order valence-corrected chi connectivity index (χ4v) is 0.896. The Bertz CT molecular complexity index is 296. The molecule has 0 radical (unpaired) electrons. The van der Waals surface area contributed by atoms with E-state index in [1.54, 1.807) is 18.2 Å². The summed E-state index contributed by atoms with van der Waals surface area (Å²) in [6, 6.07) is 6.23. The summed E-state index contributed by atoms with van der Waals surface area (Å²) < 4.78 is 12.6. The molecule has 0 amide bonds. The summed E-state index contributed by atoms with van der Waals surface area (Å²) in [6.45, 7) is 0. The number of nitrogens with zero attached hydrogens (tertiary/aromatic N) is 1. The molecule has 0 saturated carbocycles. The second-order valence-electron chi connectivity index (χ2n) is 2.32. The molecule has 0 atom stereocenters. The van der Waals surface area contributed by atoms with E-state index in [1.165, 1.54) is 12.1 Å². The summed E-state index contributed by atoms with van der Waals surface area (Å²) >= 11 is 0. The van der Waals surface area contributed by atoms with Crippen LogP contribution in [0.25, 0.3) is 0 Å². The number of hydrogen-bond acceptors (Lipinski definition) is 2. The van der Waals surface area contributed by atoms with Gasteiger partial charge in [-0.15, -0.1) is 4.91 Å². The third-order valence-corrected chi connectivity index (χ3v) is 1.41. The van der Waals surface area contributed by atoms with E-state index >= 15 is 0 Å². The third-order valence-electron chi connectivity index (χ3n) is 1.41. The monoisotopic (exact) mass is 165 g/mol. The van der Waals surface area contributed by atoms with Crippen molar-refractivity contribution in [1.29, 1.82) is 0 Å². The van der Waals surface area contributed by atoms with Crippen molar-refractivity contribution in [3.63, 3.8) is 0 Å². The van der Waals surface area contributed by atoms with Crippen molar-refractivity contribution >= 4 is 0 Å². The van der Waals surface area contributed by atoms with E-state index in [9.17, 15) is 9.30 Å². The van der Waals surface area contributed by atoms with Gasteiger partial charge in [0, 0.05) is 0 Å². The maximum Gasteiger partial charge on any atom is 0.123 e. The van der Waals surface area contributed by atoms with Crippen LogP contribution in [0.1, 0.15) is 5.56 Å². The van der Waals surface area contributed by atoms with Crippen molar-refractivity contribution in [3.05, 3.63) is 52.8 Å². The summed E-state index contributed by atoms with van der Waals surface area (Å²) in [5.41, 5.74) is 0.829. The van der Waals surface area contributed by atoms with E-state index in [0.717, 1.165) is 11.8 Å². The summed E-state index contributed by atoms with van der Waals surface area (Å²) in [7, 11) is 0. The van der Waals surface area contributed by atoms with Crippen LogP contribution in [0.5, 0.6) is 0 Å². The number of nitroso groups, excluding NO2 is 1. The van der Waals surface area contributed by atoms with Crippen LogP contribution >= 0.6 is 0 Å². The second-order valence-corrected chi connectivity index (χ2v) is 2.32. The van der Waals surface area contributed by atoms with Gasteiger partial charge in [-0.1, -0.05) is 18.2 Å². The van der Waals surface area contributed by atoms with Crippen LogP contribution in [0.2, 0.25) is 0 Å². The van der Waals surface area contributed by atoms with Crippen molar-refractivity contribution in [2.24, 2.45) is 5.18 Å². The Labute approximate surface area is 69.7 Å². The largest absolute Gasteiger partial charge is 0.207 e. The molecule has 0 fully saturated rings. The predicted molar refractivity (Wildman–Crippen MR) is 45.0 cm³/mol. The Balaban J connectivity index is 2.63. The van der Waals surface area contributed by atoms with E-state index in [4.69, 9.17) is 0 Å². The lowest BCUT2D eigenvalue weighted by Crippen LogP contribution is -1.81. The van der Waals surface area contributed by atoms with Gasteiger partial charge in [0.15, 0.2) is 0 Å². The minimum Gasteiger partial charge on any atom is -0.207 e. The Kier molecular flexibility index (Phi) is 3.14. The molecule has 1 aromatic carbocycles. The van der Waals surface area contributed by atoms with Gasteiger partial charge in [0.1, 0.15) is 5.82 Å². The normalized spacial score (nSPS) is 10.4. The molecule has 0 unspecified atom stereocenters. The molecule has 0 aliphatic carbocycles. The Morgan fingerprint density at radius 3 is 3.00 bits per heavy atom. The number of rotatable bonds is 3. The van der Waals surface area contributed by atoms with Gasteiger partial charge in [0.2, 0.25) is 0 Å². The van der Waals surface area contributed by atoms with Gasteiger partial charge >= 0.3 is 0 Å². The lowest BCUT2D eigenvalue weighted by atomic mass is 10.1. The molecule has 0 heterocycles. The smallest absolute Gasteiger partial charge is 0.123 e. The maximum absolute atomic E-state index is 12.6. The fraction of sp³-hybridized carbons (Fsp3) is 0.111. The summed E-state index contributed by atoms with van der Waals surface area (Å²) in [4.78, 5) is 9.65. The number of benzene rings is 1. The highest BCUT2D eigenvalue weighted by atomic mass is 19.1. The van der Waals surface area contributed by atoms with Gasteiger partial charge in [-0.2, -0.15) is 0 Å². The molecular formula is C9H8FNO. The van der Waals surface area contributed by atoms with Crippen molar-refractivity contribution in [3.8, 4) is 0 Å². The zero-order valence-electron chi connectivity index (χ0n) is 6.40. The molecule has 1 aromatic rings. The molecule has 0 aromatic heterocycles. The van der Waals surface area contributed by atoms with Gasteiger partial charge in [0.25, 0.3) is 0 Å².